The highest BCUT2D eigenvalue weighted by molar-refractivity contribution is 6.31. The smallest absolute Gasteiger partial charge is 0.320 e. The van der Waals surface area contributed by atoms with Gasteiger partial charge in [0.2, 0.25) is 0 Å². The molecule has 22 heavy (non-hydrogen) atoms. The van der Waals surface area contributed by atoms with Crippen LogP contribution in [-0.2, 0) is 4.74 Å². The fourth-order valence-corrected chi connectivity index (χ4v) is 3.20. The summed E-state index contributed by atoms with van der Waals surface area (Å²) in [7, 11) is 0. The molecule has 0 bridgehead atoms. The second kappa shape index (κ2) is 6.75. The summed E-state index contributed by atoms with van der Waals surface area (Å²) in [6.07, 6.45) is 0. The number of morpholine rings is 1. The van der Waals surface area contributed by atoms with Crippen LogP contribution in [0.1, 0.15) is 5.56 Å². The normalized spacial score (nSPS) is 19.5. The number of benzene rings is 1. The molecule has 0 aliphatic carbocycles. The van der Waals surface area contributed by atoms with Crippen LogP contribution in [0.3, 0.4) is 0 Å². The lowest BCUT2D eigenvalue weighted by Crippen LogP contribution is -2.54. The van der Waals surface area contributed by atoms with Crippen molar-refractivity contribution in [1.82, 2.24) is 9.80 Å². The number of anilines is 1. The van der Waals surface area contributed by atoms with Crippen LogP contribution >= 0.6 is 11.6 Å². The van der Waals surface area contributed by atoms with Crippen molar-refractivity contribution in [2.24, 2.45) is 0 Å². The van der Waals surface area contributed by atoms with E-state index in [-0.39, 0.29) is 6.03 Å². The summed E-state index contributed by atoms with van der Waals surface area (Å²) < 4.78 is 5.30. The van der Waals surface area contributed by atoms with Crippen molar-refractivity contribution in [1.29, 1.82) is 0 Å². The molecule has 2 aliphatic heterocycles. The summed E-state index contributed by atoms with van der Waals surface area (Å²) in [5.41, 5.74) is 2.28. The van der Waals surface area contributed by atoms with Crippen LogP contribution in [0, 0.1) is 6.92 Å². The third kappa shape index (κ3) is 3.15. The zero-order valence-electron chi connectivity index (χ0n) is 12.9. The third-order valence-electron chi connectivity index (χ3n) is 4.41. The number of rotatable bonds is 1. The van der Waals surface area contributed by atoms with Crippen molar-refractivity contribution in [3.8, 4) is 0 Å². The Kier molecular flexibility index (Phi) is 4.74. The van der Waals surface area contributed by atoms with Crippen molar-refractivity contribution >= 4 is 23.3 Å². The number of ether oxygens (including phenoxy) is 1. The number of urea groups is 1. The molecule has 0 unspecified atom stereocenters. The maximum atomic E-state index is 12.5. The van der Waals surface area contributed by atoms with E-state index in [1.165, 1.54) is 5.69 Å². The Hall–Kier alpha value is -1.46. The van der Waals surface area contributed by atoms with E-state index in [0.29, 0.717) is 26.3 Å². The summed E-state index contributed by atoms with van der Waals surface area (Å²) in [4.78, 5) is 18.6. The van der Waals surface area contributed by atoms with Crippen molar-refractivity contribution in [3.63, 3.8) is 0 Å². The largest absolute Gasteiger partial charge is 0.378 e. The second-order valence-electron chi connectivity index (χ2n) is 5.74. The number of carbonyl (C=O) groups is 1. The maximum absolute atomic E-state index is 12.5. The number of halogens is 1. The molecule has 2 amide bonds. The Morgan fingerprint density at radius 2 is 1.68 bits per heavy atom. The number of carbonyl (C=O) groups excluding carboxylic acids is 1. The van der Waals surface area contributed by atoms with Gasteiger partial charge in [-0.2, -0.15) is 0 Å². The predicted molar refractivity (Wildman–Crippen MR) is 87.8 cm³/mol. The highest BCUT2D eigenvalue weighted by Crippen LogP contribution is 2.27. The summed E-state index contributed by atoms with van der Waals surface area (Å²) in [6.45, 7) is 7.93. The molecule has 2 saturated heterocycles. The van der Waals surface area contributed by atoms with Crippen molar-refractivity contribution in [2.75, 3.05) is 57.4 Å². The van der Waals surface area contributed by atoms with E-state index in [4.69, 9.17) is 16.3 Å². The molecule has 1 aromatic rings. The average molecular weight is 324 g/mol. The lowest BCUT2D eigenvalue weighted by atomic mass is 10.1. The molecule has 0 saturated carbocycles. The first-order valence-corrected chi connectivity index (χ1v) is 8.16. The lowest BCUT2D eigenvalue weighted by Gasteiger charge is -2.39. The molecule has 5 nitrogen and oxygen atoms in total. The molecule has 2 aliphatic rings. The minimum Gasteiger partial charge on any atom is -0.378 e. The molecule has 2 heterocycles. The van der Waals surface area contributed by atoms with Crippen LogP contribution in [0.5, 0.6) is 0 Å². The van der Waals surface area contributed by atoms with Gasteiger partial charge in [-0.15, -0.1) is 0 Å². The quantitative estimate of drug-likeness (QED) is 0.795. The highest BCUT2D eigenvalue weighted by Gasteiger charge is 2.26. The topological polar surface area (TPSA) is 36.0 Å². The van der Waals surface area contributed by atoms with Gasteiger partial charge in [-0.3, -0.25) is 0 Å². The molecule has 120 valence electrons. The summed E-state index contributed by atoms with van der Waals surface area (Å²) in [5, 5.41) is 0.796. The Morgan fingerprint density at radius 3 is 2.36 bits per heavy atom. The fraction of sp³-hybridized carbons (Fsp3) is 0.562. The molecule has 6 heteroatoms. The second-order valence-corrected chi connectivity index (χ2v) is 6.15. The summed E-state index contributed by atoms with van der Waals surface area (Å²) in [5.74, 6) is 0. The molecule has 0 radical (unpaired) electrons. The van der Waals surface area contributed by atoms with Gasteiger partial charge in [0.15, 0.2) is 0 Å². The van der Waals surface area contributed by atoms with Crippen LogP contribution in [-0.4, -0.2) is 68.3 Å². The van der Waals surface area contributed by atoms with Crippen molar-refractivity contribution in [2.45, 2.75) is 6.92 Å². The van der Waals surface area contributed by atoms with Gasteiger partial charge >= 0.3 is 6.03 Å². The van der Waals surface area contributed by atoms with E-state index in [9.17, 15) is 4.79 Å². The molecular formula is C16H22ClN3O2. The SMILES string of the molecule is Cc1c(Cl)cccc1N1CCN(C(=O)N2CCOCC2)CC1. The first-order valence-electron chi connectivity index (χ1n) is 7.78. The monoisotopic (exact) mass is 323 g/mol. The highest BCUT2D eigenvalue weighted by atomic mass is 35.5. The number of amides is 2. The van der Waals surface area contributed by atoms with E-state index in [2.05, 4.69) is 11.0 Å². The van der Waals surface area contributed by atoms with Crippen molar-refractivity contribution in [3.05, 3.63) is 28.8 Å². The van der Waals surface area contributed by atoms with E-state index < -0.39 is 0 Å². The van der Waals surface area contributed by atoms with Gasteiger partial charge in [-0.05, 0) is 24.6 Å². The van der Waals surface area contributed by atoms with Gasteiger partial charge in [0, 0.05) is 50.0 Å². The first-order chi connectivity index (χ1) is 10.7. The molecular weight excluding hydrogens is 302 g/mol. The van der Waals surface area contributed by atoms with Gasteiger partial charge in [0.05, 0.1) is 13.2 Å². The van der Waals surface area contributed by atoms with Crippen LogP contribution in [0.4, 0.5) is 10.5 Å². The first kappa shape index (κ1) is 15.4. The maximum Gasteiger partial charge on any atom is 0.320 e. The van der Waals surface area contributed by atoms with Crippen LogP contribution < -0.4 is 4.90 Å². The van der Waals surface area contributed by atoms with Crippen LogP contribution in [0.25, 0.3) is 0 Å². The van der Waals surface area contributed by atoms with Gasteiger partial charge in [-0.1, -0.05) is 17.7 Å². The minimum absolute atomic E-state index is 0.144. The Balaban J connectivity index is 1.60. The third-order valence-corrected chi connectivity index (χ3v) is 4.82. The Labute approximate surface area is 136 Å². The van der Waals surface area contributed by atoms with Crippen LogP contribution in [0.15, 0.2) is 18.2 Å². The Bertz CT molecular complexity index is 538. The van der Waals surface area contributed by atoms with E-state index in [0.717, 1.165) is 36.8 Å². The number of hydrogen-bond donors (Lipinski definition) is 0. The Morgan fingerprint density at radius 1 is 1.05 bits per heavy atom. The van der Waals surface area contributed by atoms with Gasteiger partial charge in [-0.25, -0.2) is 4.79 Å². The molecule has 0 aromatic heterocycles. The number of piperazine rings is 1. The predicted octanol–water partition coefficient (Wildman–Crippen LogP) is 2.22. The van der Waals surface area contributed by atoms with Gasteiger partial charge in [0.25, 0.3) is 0 Å². The lowest BCUT2D eigenvalue weighted by molar-refractivity contribution is 0.0428. The van der Waals surface area contributed by atoms with Crippen molar-refractivity contribution < 1.29 is 9.53 Å². The molecule has 0 atom stereocenters. The fourth-order valence-electron chi connectivity index (χ4n) is 3.03. The average Bonchev–Trinajstić information content (AvgIpc) is 2.58. The zero-order chi connectivity index (χ0) is 15.5. The number of hydrogen-bond acceptors (Lipinski definition) is 3. The molecule has 0 spiro atoms. The zero-order valence-corrected chi connectivity index (χ0v) is 13.7. The van der Waals surface area contributed by atoms with Gasteiger partial charge in [0.1, 0.15) is 0 Å². The van der Waals surface area contributed by atoms with Crippen LogP contribution in [0.2, 0.25) is 5.02 Å². The molecule has 3 rings (SSSR count). The summed E-state index contributed by atoms with van der Waals surface area (Å²) >= 11 is 6.20. The van der Waals surface area contributed by atoms with E-state index in [1.807, 2.05) is 28.9 Å². The molecule has 1 aromatic carbocycles. The number of nitrogens with zero attached hydrogens (tertiary/aromatic N) is 3. The molecule has 0 N–H and O–H groups in total. The van der Waals surface area contributed by atoms with Gasteiger partial charge < -0.3 is 19.4 Å². The minimum atomic E-state index is 0.144. The van der Waals surface area contributed by atoms with E-state index >= 15 is 0 Å². The van der Waals surface area contributed by atoms with E-state index in [1.54, 1.807) is 0 Å². The standard InChI is InChI=1S/C16H22ClN3O2/c1-13-14(17)3-2-4-15(13)18-5-7-19(8-6-18)16(21)20-9-11-22-12-10-20/h2-4H,5-12H2,1H3. The molecule has 2 fully saturated rings. The summed E-state index contributed by atoms with van der Waals surface area (Å²) in [6, 6.07) is 6.14.